The number of nitrogens with one attached hydrogen (secondary N) is 1. The van der Waals surface area contributed by atoms with E-state index in [2.05, 4.69) is 36.8 Å². The number of fused-ring (bicyclic) bond motifs is 1. The summed E-state index contributed by atoms with van der Waals surface area (Å²) in [4.78, 5) is 11.7. The number of esters is 1. The number of hydrogen-bond donors (Lipinski definition) is 1. The van der Waals surface area contributed by atoms with Gasteiger partial charge in [0.2, 0.25) is 0 Å². The van der Waals surface area contributed by atoms with Crippen molar-refractivity contribution in [2.75, 3.05) is 0 Å². The van der Waals surface area contributed by atoms with Crippen molar-refractivity contribution in [3.63, 3.8) is 0 Å². The minimum Gasteiger partial charge on any atom is -0.457 e. The summed E-state index contributed by atoms with van der Waals surface area (Å²) >= 11 is 0. The van der Waals surface area contributed by atoms with Crippen molar-refractivity contribution >= 4 is 5.97 Å². The average Bonchev–Trinajstić information content (AvgIpc) is 3.42. The second-order valence-corrected chi connectivity index (χ2v) is 8.79. The van der Waals surface area contributed by atoms with Crippen LogP contribution in [0, 0.1) is 0 Å². The lowest BCUT2D eigenvalue weighted by atomic mass is 9.93. The zero-order valence-electron chi connectivity index (χ0n) is 17.3. The predicted molar refractivity (Wildman–Crippen MR) is 110 cm³/mol. The molecule has 2 aliphatic carbocycles. The van der Waals surface area contributed by atoms with Crippen LogP contribution in [0.4, 0.5) is 0 Å². The van der Waals surface area contributed by atoms with Gasteiger partial charge in [-0.05, 0) is 60.6 Å². The van der Waals surface area contributed by atoms with Gasteiger partial charge in [0.05, 0.1) is 29.9 Å². The summed E-state index contributed by atoms with van der Waals surface area (Å²) in [5, 5.41) is 21.0. The summed E-state index contributed by atoms with van der Waals surface area (Å²) in [5.74, 6) is 0.591. The summed E-state index contributed by atoms with van der Waals surface area (Å²) in [5.41, 5.74) is 3.77. The Labute approximate surface area is 179 Å². The van der Waals surface area contributed by atoms with E-state index in [9.17, 15) is 4.79 Å². The van der Waals surface area contributed by atoms with Crippen molar-refractivity contribution in [1.82, 2.24) is 35.3 Å². The number of cyclic esters (lactones) is 1. The standard InChI is InChI=1S/C22H25N7O2/c30-22-19-8-7-14(9-15(19)13-31-22)10-23-20(16-11-24-28(12-16)17-3-1-4-17)21-25-26-27-29(21)18-5-2-6-18/h7-9,11-12,17-18,20,23H,1-6,10,13H2. The number of ether oxygens (including phenoxy) is 1. The number of rotatable bonds is 7. The van der Waals surface area contributed by atoms with Crippen molar-refractivity contribution in [2.45, 2.75) is 69.8 Å². The van der Waals surface area contributed by atoms with E-state index in [-0.39, 0.29) is 12.0 Å². The number of benzene rings is 1. The number of carbonyl (C=O) groups excluding carboxylic acids is 1. The number of carbonyl (C=O) groups is 1. The Morgan fingerprint density at radius 1 is 1.16 bits per heavy atom. The maximum absolute atomic E-state index is 11.7. The van der Waals surface area contributed by atoms with Gasteiger partial charge in [0.1, 0.15) is 6.61 Å². The van der Waals surface area contributed by atoms with Crippen LogP contribution in [-0.2, 0) is 17.9 Å². The molecule has 3 heterocycles. The zero-order chi connectivity index (χ0) is 20.8. The van der Waals surface area contributed by atoms with E-state index in [0.29, 0.717) is 30.8 Å². The van der Waals surface area contributed by atoms with Crippen LogP contribution in [0.3, 0.4) is 0 Å². The number of nitrogens with zero attached hydrogens (tertiary/aromatic N) is 6. The van der Waals surface area contributed by atoms with Crippen LogP contribution in [0.15, 0.2) is 30.6 Å². The van der Waals surface area contributed by atoms with Crippen LogP contribution in [0.5, 0.6) is 0 Å². The lowest BCUT2D eigenvalue weighted by Crippen LogP contribution is -2.29. The maximum atomic E-state index is 11.7. The van der Waals surface area contributed by atoms with E-state index >= 15 is 0 Å². The van der Waals surface area contributed by atoms with Gasteiger partial charge in [-0.15, -0.1) is 5.10 Å². The first-order chi connectivity index (χ1) is 15.3. The van der Waals surface area contributed by atoms with E-state index in [1.807, 2.05) is 29.1 Å². The Morgan fingerprint density at radius 2 is 2.00 bits per heavy atom. The van der Waals surface area contributed by atoms with Crippen molar-refractivity contribution in [1.29, 1.82) is 0 Å². The van der Waals surface area contributed by atoms with Crippen LogP contribution in [0.2, 0.25) is 0 Å². The smallest absolute Gasteiger partial charge is 0.338 e. The molecule has 2 aromatic heterocycles. The third-order valence-corrected chi connectivity index (χ3v) is 6.86. The largest absolute Gasteiger partial charge is 0.457 e. The molecular formula is C22H25N7O2. The molecule has 0 amide bonds. The van der Waals surface area contributed by atoms with E-state index in [1.54, 1.807) is 0 Å². The van der Waals surface area contributed by atoms with Crippen LogP contribution in [-0.4, -0.2) is 36.0 Å². The highest BCUT2D eigenvalue weighted by Gasteiger charge is 2.30. The number of aromatic nitrogens is 6. The lowest BCUT2D eigenvalue weighted by Gasteiger charge is -2.28. The fourth-order valence-corrected chi connectivity index (χ4v) is 4.51. The fourth-order valence-electron chi connectivity index (χ4n) is 4.51. The molecule has 0 spiro atoms. The molecule has 0 saturated heterocycles. The van der Waals surface area contributed by atoms with E-state index < -0.39 is 0 Å². The predicted octanol–water partition coefficient (Wildman–Crippen LogP) is 2.87. The molecule has 1 atom stereocenters. The lowest BCUT2D eigenvalue weighted by molar-refractivity contribution is 0.0535. The van der Waals surface area contributed by atoms with Gasteiger partial charge in [-0.25, -0.2) is 9.48 Å². The van der Waals surface area contributed by atoms with E-state index in [1.165, 1.54) is 25.7 Å². The van der Waals surface area contributed by atoms with Gasteiger partial charge in [-0.1, -0.05) is 12.1 Å². The van der Waals surface area contributed by atoms with Gasteiger partial charge in [0.25, 0.3) is 0 Å². The molecule has 1 aliphatic heterocycles. The van der Waals surface area contributed by atoms with Crippen LogP contribution in [0.1, 0.15) is 89.5 Å². The van der Waals surface area contributed by atoms with Crippen LogP contribution >= 0.6 is 0 Å². The van der Waals surface area contributed by atoms with Gasteiger partial charge in [-0.2, -0.15) is 5.10 Å². The van der Waals surface area contributed by atoms with Gasteiger partial charge in [0.15, 0.2) is 5.82 Å². The normalized spacial score (nSPS) is 19.5. The molecule has 9 heteroatoms. The Balaban J connectivity index is 1.28. The molecule has 1 aromatic carbocycles. The maximum Gasteiger partial charge on any atom is 0.338 e. The first kappa shape index (κ1) is 18.7. The third kappa shape index (κ3) is 3.33. The highest BCUT2D eigenvalue weighted by atomic mass is 16.5. The Morgan fingerprint density at radius 3 is 2.77 bits per heavy atom. The van der Waals surface area contributed by atoms with Crippen molar-refractivity contribution in [3.8, 4) is 0 Å². The Hall–Kier alpha value is -3.07. The Kier molecular flexibility index (Phi) is 4.56. The van der Waals surface area contributed by atoms with Gasteiger partial charge < -0.3 is 4.74 Å². The monoisotopic (exact) mass is 419 g/mol. The molecular weight excluding hydrogens is 394 g/mol. The summed E-state index contributed by atoms with van der Waals surface area (Å²) < 4.78 is 9.20. The molecule has 0 radical (unpaired) electrons. The molecule has 3 aliphatic rings. The third-order valence-electron chi connectivity index (χ3n) is 6.86. The molecule has 1 N–H and O–H groups in total. The first-order valence-electron chi connectivity index (χ1n) is 11.1. The SMILES string of the molecule is O=C1OCc2cc(CNC(c3cnn(C4CCC4)c3)c3nnnn3C3CCC3)ccc21. The van der Waals surface area contributed by atoms with Gasteiger partial charge >= 0.3 is 5.97 Å². The van der Waals surface area contributed by atoms with Crippen LogP contribution in [0.25, 0.3) is 0 Å². The topological polar surface area (TPSA) is 99.8 Å². The van der Waals surface area contributed by atoms with Crippen LogP contribution < -0.4 is 5.32 Å². The van der Waals surface area contributed by atoms with E-state index in [0.717, 1.165) is 35.4 Å². The fraction of sp³-hybridized carbons (Fsp3) is 0.500. The molecule has 3 aromatic rings. The summed E-state index contributed by atoms with van der Waals surface area (Å²) in [7, 11) is 0. The first-order valence-corrected chi connectivity index (χ1v) is 11.1. The molecule has 2 saturated carbocycles. The van der Waals surface area contributed by atoms with E-state index in [4.69, 9.17) is 4.74 Å². The quantitative estimate of drug-likeness (QED) is 0.588. The molecule has 1 unspecified atom stereocenters. The summed E-state index contributed by atoms with van der Waals surface area (Å²) in [6.45, 7) is 0.970. The number of hydrogen-bond acceptors (Lipinski definition) is 7. The molecule has 9 nitrogen and oxygen atoms in total. The second kappa shape index (κ2) is 7.56. The van der Waals surface area contributed by atoms with Gasteiger partial charge in [0, 0.05) is 23.9 Å². The highest BCUT2D eigenvalue weighted by molar-refractivity contribution is 5.93. The van der Waals surface area contributed by atoms with Crippen molar-refractivity contribution in [3.05, 3.63) is 58.7 Å². The molecule has 160 valence electrons. The minimum atomic E-state index is -0.240. The van der Waals surface area contributed by atoms with Crippen molar-refractivity contribution < 1.29 is 9.53 Å². The number of tetrazole rings is 1. The second-order valence-electron chi connectivity index (χ2n) is 8.79. The summed E-state index contributed by atoms with van der Waals surface area (Å²) in [6.07, 6.45) is 11.2. The van der Waals surface area contributed by atoms with Crippen molar-refractivity contribution in [2.24, 2.45) is 0 Å². The molecule has 2 fully saturated rings. The molecule has 6 rings (SSSR count). The molecule has 0 bridgehead atoms. The highest BCUT2D eigenvalue weighted by Crippen LogP contribution is 2.35. The summed E-state index contributed by atoms with van der Waals surface area (Å²) in [6, 6.07) is 6.59. The minimum absolute atomic E-state index is 0.157. The zero-order valence-corrected chi connectivity index (χ0v) is 17.3. The Bertz CT molecular complexity index is 1110. The van der Waals surface area contributed by atoms with Gasteiger partial charge in [-0.3, -0.25) is 10.00 Å². The average molecular weight is 419 g/mol. The molecule has 31 heavy (non-hydrogen) atoms.